The molecule has 1 unspecified atom stereocenters. The van der Waals surface area contributed by atoms with Crippen LogP contribution in [0.5, 0.6) is 0 Å². The number of nitrogens with zero attached hydrogens (tertiary/aromatic N) is 2. The van der Waals surface area contributed by atoms with Crippen LogP contribution < -0.4 is 5.32 Å². The van der Waals surface area contributed by atoms with Crippen molar-refractivity contribution < 1.29 is 9.90 Å². The highest BCUT2D eigenvalue weighted by Gasteiger charge is 2.11. The Balaban J connectivity index is 2.01. The third-order valence-electron chi connectivity index (χ3n) is 3.26. The van der Waals surface area contributed by atoms with E-state index < -0.39 is 5.97 Å². The first-order valence-corrected chi connectivity index (χ1v) is 6.68. The third-order valence-corrected chi connectivity index (χ3v) is 3.26. The summed E-state index contributed by atoms with van der Waals surface area (Å²) in [5.74, 6) is 0.0864. The van der Waals surface area contributed by atoms with E-state index in [-0.39, 0.29) is 6.04 Å². The van der Waals surface area contributed by atoms with E-state index >= 15 is 0 Å². The standard InChI is InChI=1S/C15H19N3O2/c1-3-18-8-7-16-14(18)11(2)17-10-12-5-4-6-13(9-12)15(19)20/h4-9,11,17H,3,10H2,1-2H3,(H,19,20). The average Bonchev–Trinajstić information content (AvgIpc) is 2.93. The molecule has 0 bridgehead atoms. The highest BCUT2D eigenvalue weighted by Crippen LogP contribution is 2.12. The van der Waals surface area contributed by atoms with Crippen molar-refractivity contribution in [1.82, 2.24) is 14.9 Å². The van der Waals surface area contributed by atoms with Crippen LogP contribution in [0.2, 0.25) is 0 Å². The molecule has 1 heterocycles. The maximum absolute atomic E-state index is 10.9. The number of aromatic carboxylic acids is 1. The first-order valence-electron chi connectivity index (χ1n) is 6.68. The minimum absolute atomic E-state index is 0.110. The molecule has 2 aromatic rings. The van der Waals surface area contributed by atoms with Crippen molar-refractivity contribution in [3.63, 3.8) is 0 Å². The van der Waals surface area contributed by atoms with E-state index in [0.29, 0.717) is 12.1 Å². The zero-order valence-electron chi connectivity index (χ0n) is 11.7. The smallest absolute Gasteiger partial charge is 0.335 e. The monoisotopic (exact) mass is 273 g/mol. The number of carboxylic acid groups (broad SMARTS) is 1. The summed E-state index contributed by atoms with van der Waals surface area (Å²) in [6.45, 7) is 5.62. The molecule has 0 saturated carbocycles. The molecule has 5 heteroatoms. The van der Waals surface area contributed by atoms with Gasteiger partial charge in [-0.25, -0.2) is 9.78 Å². The molecule has 5 nitrogen and oxygen atoms in total. The number of imidazole rings is 1. The van der Waals surface area contributed by atoms with Crippen molar-refractivity contribution in [1.29, 1.82) is 0 Å². The number of hydrogen-bond donors (Lipinski definition) is 2. The van der Waals surface area contributed by atoms with Crippen LogP contribution in [0.3, 0.4) is 0 Å². The molecule has 0 aliphatic rings. The van der Waals surface area contributed by atoms with Crippen molar-refractivity contribution in [2.24, 2.45) is 0 Å². The molecule has 1 aromatic carbocycles. The Hall–Kier alpha value is -2.14. The van der Waals surface area contributed by atoms with E-state index in [1.54, 1.807) is 24.4 Å². The summed E-state index contributed by atoms with van der Waals surface area (Å²) >= 11 is 0. The molecule has 0 aliphatic heterocycles. The highest BCUT2D eigenvalue weighted by atomic mass is 16.4. The number of benzene rings is 1. The lowest BCUT2D eigenvalue weighted by molar-refractivity contribution is 0.0696. The molecule has 2 N–H and O–H groups in total. The summed E-state index contributed by atoms with van der Waals surface area (Å²) in [6, 6.07) is 7.07. The molecule has 1 atom stereocenters. The van der Waals surface area contributed by atoms with Gasteiger partial charge in [0.2, 0.25) is 0 Å². The molecular weight excluding hydrogens is 254 g/mol. The molecule has 0 amide bonds. The molecule has 0 saturated heterocycles. The van der Waals surface area contributed by atoms with Gasteiger partial charge in [0.1, 0.15) is 5.82 Å². The van der Waals surface area contributed by atoms with Gasteiger partial charge in [-0.1, -0.05) is 12.1 Å². The summed E-state index contributed by atoms with van der Waals surface area (Å²) in [5, 5.41) is 12.3. The molecule has 1 aromatic heterocycles. The van der Waals surface area contributed by atoms with E-state index in [1.807, 2.05) is 12.3 Å². The number of nitrogens with one attached hydrogen (secondary N) is 1. The Bertz CT molecular complexity index is 592. The molecule has 0 aliphatic carbocycles. The Morgan fingerprint density at radius 3 is 3.00 bits per heavy atom. The van der Waals surface area contributed by atoms with Crippen molar-refractivity contribution in [3.8, 4) is 0 Å². The van der Waals surface area contributed by atoms with Gasteiger partial charge in [-0.2, -0.15) is 0 Å². The lowest BCUT2D eigenvalue weighted by Crippen LogP contribution is -2.21. The second-order valence-electron chi connectivity index (χ2n) is 4.68. The van der Waals surface area contributed by atoms with E-state index in [1.165, 1.54) is 0 Å². The van der Waals surface area contributed by atoms with E-state index in [0.717, 1.165) is 17.9 Å². The van der Waals surface area contributed by atoms with Crippen molar-refractivity contribution in [3.05, 3.63) is 53.6 Å². The van der Waals surface area contributed by atoms with Crippen LogP contribution >= 0.6 is 0 Å². The van der Waals surface area contributed by atoms with Crippen LogP contribution in [0.15, 0.2) is 36.7 Å². The Morgan fingerprint density at radius 2 is 2.30 bits per heavy atom. The quantitative estimate of drug-likeness (QED) is 0.848. The van der Waals surface area contributed by atoms with Crippen LogP contribution in [0.1, 0.15) is 41.6 Å². The number of aromatic nitrogens is 2. The first kappa shape index (κ1) is 14.3. The molecular formula is C15H19N3O2. The minimum Gasteiger partial charge on any atom is -0.478 e. The zero-order valence-corrected chi connectivity index (χ0v) is 11.7. The second kappa shape index (κ2) is 6.34. The third kappa shape index (κ3) is 3.24. The maximum atomic E-state index is 10.9. The molecule has 106 valence electrons. The zero-order chi connectivity index (χ0) is 14.5. The van der Waals surface area contributed by atoms with Crippen molar-refractivity contribution in [2.45, 2.75) is 33.0 Å². The van der Waals surface area contributed by atoms with Crippen LogP contribution in [-0.2, 0) is 13.1 Å². The largest absolute Gasteiger partial charge is 0.478 e. The fourth-order valence-electron chi connectivity index (χ4n) is 2.15. The van der Waals surface area contributed by atoms with Gasteiger partial charge >= 0.3 is 5.97 Å². The topological polar surface area (TPSA) is 67.2 Å². The van der Waals surface area contributed by atoms with Crippen LogP contribution in [0.25, 0.3) is 0 Å². The fourth-order valence-corrected chi connectivity index (χ4v) is 2.15. The molecule has 0 fully saturated rings. The van der Waals surface area contributed by atoms with Crippen LogP contribution in [-0.4, -0.2) is 20.6 Å². The lowest BCUT2D eigenvalue weighted by atomic mass is 10.1. The number of carboxylic acids is 1. The van der Waals surface area contributed by atoms with Gasteiger partial charge in [0, 0.05) is 25.5 Å². The lowest BCUT2D eigenvalue weighted by Gasteiger charge is -2.15. The normalized spacial score (nSPS) is 12.3. The SMILES string of the molecule is CCn1ccnc1C(C)NCc1cccc(C(=O)O)c1. The second-order valence-corrected chi connectivity index (χ2v) is 4.68. The molecule has 0 spiro atoms. The Kier molecular flexibility index (Phi) is 4.53. The Labute approximate surface area is 118 Å². The van der Waals surface area contributed by atoms with Gasteiger partial charge in [0.25, 0.3) is 0 Å². The Morgan fingerprint density at radius 1 is 1.50 bits per heavy atom. The minimum atomic E-state index is -0.901. The van der Waals surface area contributed by atoms with Crippen molar-refractivity contribution >= 4 is 5.97 Å². The number of aryl methyl sites for hydroxylation is 1. The average molecular weight is 273 g/mol. The van der Waals surface area contributed by atoms with Gasteiger partial charge in [-0.15, -0.1) is 0 Å². The highest BCUT2D eigenvalue weighted by molar-refractivity contribution is 5.87. The van der Waals surface area contributed by atoms with Gasteiger partial charge in [-0.05, 0) is 31.5 Å². The van der Waals surface area contributed by atoms with E-state index in [9.17, 15) is 4.79 Å². The van der Waals surface area contributed by atoms with Gasteiger partial charge in [0.05, 0.1) is 11.6 Å². The summed E-state index contributed by atoms with van der Waals surface area (Å²) in [7, 11) is 0. The predicted molar refractivity (Wildman–Crippen MR) is 76.6 cm³/mol. The summed E-state index contributed by atoms with van der Waals surface area (Å²) in [5.41, 5.74) is 1.26. The number of hydrogen-bond acceptors (Lipinski definition) is 3. The predicted octanol–water partition coefficient (Wildman–Crippen LogP) is 2.45. The maximum Gasteiger partial charge on any atom is 0.335 e. The van der Waals surface area contributed by atoms with E-state index in [4.69, 9.17) is 5.11 Å². The van der Waals surface area contributed by atoms with Gasteiger partial charge in [-0.3, -0.25) is 0 Å². The van der Waals surface area contributed by atoms with Gasteiger partial charge in [0.15, 0.2) is 0 Å². The first-order chi connectivity index (χ1) is 9.61. The van der Waals surface area contributed by atoms with Crippen LogP contribution in [0, 0.1) is 0 Å². The summed E-state index contributed by atoms with van der Waals surface area (Å²) < 4.78 is 2.09. The fraction of sp³-hybridized carbons (Fsp3) is 0.333. The molecule has 2 rings (SSSR count). The number of rotatable bonds is 6. The number of carbonyl (C=O) groups is 1. The molecule has 0 radical (unpaired) electrons. The van der Waals surface area contributed by atoms with E-state index in [2.05, 4.69) is 28.7 Å². The molecule has 20 heavy (non-hydrogen) atoms. The van der Waals surface area contributed by atoms with Crippen molar-refractivity contribution in [2.75, 3.05) is 0 Å². The van der Waals surface area contributed by atoms with Gasteiger partial charge < -0.3 is 15.0 Å². The van der Waals surface area contributed by atoms with Crippen LogP contribution in [0.4, 0.5) is 0 Å². The summed E-state index contributed by atoms with van der Waals surface area (Å²) in [6.07, 6.45) is 3.75. The summed E-state index contributed by atoms with van der Waals surface area (Å²) in [4.78, 5) is 15.3.